The van der Waals surface area contributed by atoms with Crippen molar-refractivity contribution in [2.75, 3.05) is 13.1 Å². The topological polar surface area (TPSA) is 71.2 Å². The molecule has 4 rings (SSSR count). The SMILES string of the molecule is Cn1cc(-c2ccc(C3CCCN(C(=O)CC4(O)CCCCC4)C3)nc2)cn1. The Morgan fingerprint density at radius 3 is 2.68 bits per heavy atom. The molecule has 28 heavy (non-hydrogen) atoms. The molecule has 2 aromatic heterocycles. The minimum absolute atomic E-state index is 0.0982. The molecule has 2 aromatic rings. The Bertz CT molecular complexity index is 808. The van der Waals surface area contributed by atoms with Gasteiger partial charge in [0.25, 0.3) is 0 Å². The zero-order valence-corrected chi connectivity index (χ0v) is 16.7. The van der Waals surface area contributed by atoms with E-state index in [-0.39, 0.29) is 18.2 Å². The molecule has 1 aliphatic carbocycles. The molecule has 2 fully saturated rings. The highest BCUT2D eigenvalue weighted by molar-refractivity contribution is 5.77. The van der Waals surface area contributed by atoms with Crippen LogP contribution in [0, 0.1) is 0 Å². The highest BCUT2D eigenvalue weighted by Crippen LogP contribution is 2.33. The first-order valence-electron chi connectivity index (χ1n) is 10.5. The van der Waals surface area contributed by atoms with Gasteiger partial charge >= 0.3 is 0 Å². The lowest BCUT2D eigenvalue weighted by Gasteiger charge is -2.37. The molecular formula is C22H30N4O2. The van der Waals surface area contributed by atoms with Gasteiger partial charge in [-0.1, -0.05) is 25.3 Å². The third kappa shape index (κ3) is 4.27. The normalized spacial score (nSPS) is 22.2. The van der Waals surface area contributed by atoms with Gasteiger partial charge in [0.15, 0.2) is 0 Å². The van der Waals surface area contributed by atoms with Crippen LogP contribution < -0.4 is 0 Å². The van der Waals surface area contributed by atoms with Gasteiger partial charge in [-0.25, -0.2) is 0 Å². The molecule has 0 aromatic carbocycles. The maximum atomic E-state index is 12.8. The molecule has 1 N–H and O–H groups in total. The number of aryl methyl sites for hydroxylation is 1. The van der Waals surface area contributed by atoms with Gasteiger partial charge in [0, 0.05) is 55.3 Å². The van der Waals surface area contributed by atoms with Crippen LogP contribution in [0.3, 0.4) is 0 Å². The number of pyridine rings is 1. The summed E-state index contributed by atoms with van der Waals surface area (Å²) in [6.07, 6.45) is 12.8. The predicted molar refractivity (Wildman–Crippen MR) is 108 cm³/mol. The molecule has 1 amide bonds. The second-order valence-corrected chi connectivity index (χ2v) is 8.52. The lowest BCUT2D eigenvalue weighted by atomic mass is 9.82. The lowest BCUT2D eigenvalue weighted by molar-refractivity contribution is -0.139. The average molecular weight is 383 g/mol. The molecule has 0 spiro atoms. The molecule has 1 atom stereocenters. The van der Waals surface area contributed by atoms with Crippen LogP contribution in [0.25, 0.3) is 11.1 Å². The van der Waals surface area contributed by atoms with E-state index in [1.807, 2.05) is 30.5 Å². The molecule has 1 unspecified atom stereocenters. The molecule has 1 saturated heterocycles. The van der Waals surface area contributed by atoms with Crippen molar-refractivity contribution in [3.8, 4) is 11.1 Å². The lowest BCUT2D eigenvalue weighted by Crippen LogP contribution is -2.44. The van der Waals surface area contributed by atoms with Crippen molar-refractivity contribution in [2.45, 2.75) is 62.9 Å². The molecule has 2 aliphatic rings. The number of likely N-dealkylation sites (tertiary alicyclic amines) is 1. The Morgan fingerprint density at radius 2 is 2.00 bits per heavy atom. The van der Waals surface area contributed by atoms with E-state index in [9.17, 15) is 9.90 Å². The molecule has 6 heteroatoms. The van der Waals surface area contributed by atoms with Crippen molar-refractivity contribution >= 4 is 5.91 Å². The van der Waals surface area contributed by atoms with E-state index >= 15 is 0 Å². The summed E-state index contributed by atoms with van der Waals surface area (Å²) < 4.78 is 1.79. The number of carbonyl (C=O) groups is 1. The Balaban J connectivity index is 1.40. The van der Waals surface area contributed by atoms with Gasteiger partial charge in [-0.2, -0.15) is 5.10 Å². The van der Waals surface area contributed by atoms with Gasteiger partial charge in [0.2, 0.25) is 5.91 Å². The number of amides is 1. The Kier molecular flexibility index (Phi) is 5.49. The molecule has 0 bridgehead atoms. The van der Waals surface area contributed by atoms with Crippen molar-refractivity contribution in [1.82, 2.24) is 19.7 Å². The fourth-order valence-corrected chi connectivity index (χ4v) is 4.61. The largest absolute Gasteiger partial charge is 0.389 e. The van der Waals surface area contributed by atoms with E-state index in [0.29, 0.717) is 6.54 Å². The molecule has 150 valence electrons. The first-order valence-corrected chi connectivity index (χ1v) is 10.5. The summed E-state index contributed by atoms with van der Waals surface area (Å²) in [4.78, 5) is 19.5. The van der Waals surface area contributed by atoms with Crippen LogP contribution in [0.15, 0.2) is 30.7 Å². The average Bonchev–Trinajstić information content (AvgIpc) is 3.15. The number of nitrogens with zero attached hydrogens (tertiary/aromatic N) is 4. The number of aliphatic hydroxyl groups is 1. The summed E-state index contributed by atoms with van der Waals surface area (Å²) in [5.41, 5.74) is 2.37. The van der Waals surface area contributed by atoms with Gasteiger partial charge < -0.3 is 10.0 Å². The second kappa shape index (κ2) is 8.03. The van der Waals surface area contributed by atoms with Crippen LogP contribution in [0.2, 0.25) is 0 Å². The van der Waals surface area contributed by atoms with Crippen molar-refractivity contribution in [3.05, 3.63) is 36.4 Å². The molecule has 1 saturated carbocycles. The summed E-state index contributed by atoms with van der Waals surface area (Å²) in [7, 11) is 1.91. The summed E-state index contributed by atoms with van der Waals surface area (Å²) >= 11 is 0. The van der Waals surface area contributed by atoms with E-state index in [4.69, 9.17) is 0 Å². The standard InChI is InChI=1S/C22H30N4O2/c1-25-15-19(14-24-25)17-7-8-20(23-13-17)18-6-5-11-26(16-18)21(27)12-22(28)9-3-2-4-10-22/h7-8,13-15,18,28H,2-6,9-12,16H2,1H3. The molecule has 0 radical (unpaired) electrons. The van der Waals surface area contributed by atoms with Gasteiger partial charge in [0.05, 0.1) is 18.2 Å². The zero-order chi connectivity index (χ0) is 19.6. The number of carbonyl (C=O) groups excluding carboxylic acids is 1. The van der Waals surface area contributed by atoms with Gasteiger partial charge in [0.1, 0.15) is 0 Å². The third-order valence-corrected chi connectivity index (χ3v) is 6.28. The summed E-state index contributed by atoms with van der Waals surface area (Å²) in [6.45, 7) is 1.49. The highest BCUT2D eigenvalue weighted by Gasteiger charge is 2.35. The Labute approximate surface area is 166 Å². The van der Waals surface area contributed by atoms with E-state index in [1.54, 1.807) is 4.68 Å². The molecule has 1 aliphatic heterocycles. The minimum atomic E-state index is -0.786. The van der Waals surface area contributed by atoms with Crippen molar-refractivity contribution in [3.63, 3.8) is 0 Å². The van der Waals surface area contributed by atoms with E-state index in [2.05, 4.69) is 22.2 Å². The number of piperidine rings is 1. The number of rotatable bonds is 4. The van der Waals surface area contributed by atoms with Crippen LogP contribution in [0.5, 0.6) is 0 Å². The Hall–Kier alpha value is -2.21. The molecule has 6 nitrogen and oxygen atoms in total. The van der Waals surface area contributed by atoms with E-state index in [1.165, 1.54) is 6.42 Å². The van der Waals surface area contributed by atoms with Crippen molar-refractivity contribution in [1.29, 1.82) is 0 Å². The first-order chi connectivity index (χ1) is 13.5. The monoisotopic (exact) mass is 382 g/mol. The fourth-order valence-electron chi connectivity index (χ4n) is 4.61. The van der Waals surface area contributed by atoms with Crippen LogP contribution in [0.1, 0.15) is 63.0 Å². The van der Waals surface area contributed by atoms with Gasteiger partial charge in [-0.3, -0.25) is 14.5 Å². The van der Waals surface area contributed by atoms with Crippen LogP contribution >= 0.6 is 0 Å². The van der Waals surface area contributed by atoms with Crippen LogP contribution in [-0.2, 0) is 11.8 Å². The predicted octanol–water partition coefficient (Wildman–Crippen LogP) is 3.27. The first kappa shape index (κ1) is 19.1. The summed E-state index contributed by atoms with van der Waals surface area (Å²) in [5.74, 6) is 0.364. The van der Waals surface area contributed by atoms with E-state index < -0.39 is 5.60 Å². The molecular weight excluding hydrogens is 352 g/mol. The van der Waals surface area contributed by atoms with Crippen LogP contribution in [-0.4, -0.2) is 49.4 Å². The smallest absolute Gasteiger partial charge is 0.225 e. The number of aromatic nitrogens is 3. The van der Waals surface area contributed by atoms with Crippen molar-refractivity contribution in [2.24, 2.45) is 7.05 Å². The van der Waals surface area contributed by atoms with E-state index in [0.717, 1.165) is 61.9 Å². The number of hydrogen-bond donors (Lipinski definition) is 1. The number of hydrogen-bond acceptors (Lipinski definition) is 4. The zero-order valence-electron chi connectivity index (χ0n) is 16.7. The fraction of sp³-hybridized carbons (Fsp3) is 0.591. The Morgan fingerprint density at radius 1 is 1.18 bits per heavy atom. The van der Waals surface area contributed by atoms with Crippen molar-refractivity contribution < 1.29 is 9.90 Å². The minimum Gasteiger partial charge on any atom is -0.389 e. The van der Waals surface area contributed by atoms with Gasteiger partial charge in [-0.05, 0) is 31.7 Å². The van der Waals surface area contributed by atoms with Gasteiger partial charge in [-0.15, -0.1) is 0 Å². The quantitative estimate of drug-likeness (QED) is 0.881. The summed E-state index contributed by atoms with van der Waals surface area (Å²) in [6, 6.07) is 4.17. The maximum absolute atomic E-state index is 12.8. The highest BCUT2D eigenvalue weighted by atomic mass is 16.3. The maximum Gasteiger partial charge on any atom is 0.225 e. The van der Waals surface area contributed by atoms with Crippen LogP contribution in [0.4, 0.5) is 0 Å². The second-order valence-electron chi connectivity index (χ2n) is 8.52. The third-order valence-electron chi connectivity index (χ3n) is 6.28. The summed E-state index contributed by atoms with van der Waals surface area (Å²) in [5, 5.41) is 14.9. The molecule has 3 heterocycles.